The minimum Gasteiger partial charge on any atom is -0.380 e. The number of aromatic nitrogens is 3. The molecule has 2 atom stereocenters. The Labute approximate surface area is 186 Å². The number of aliphatic hydroxyl groups is 1. The third kappa shape index (κ3) is 3.02. The fraction of sp³-hybridized carbons (Fsp3) is 0.350. The predicted octanol–water partition coefficient (Wildman–Crippen LogP) is 3.19. The lowest BCUT2D eigenvalue weighted by Gasteiger charge is -2.24. The molecule has 0 amide bonds. The molecule has 0 unspecified atom stereocenters. The third-order valence-electron chi connectivity index (χ3n) is 5.83. The summed E-state index contributed by atoms with van der Waals surface area (Å²) in [5.41, 5.74) is 7.70. The monoisotopic (exact) mass is 521 g/mol. The number of nitrogens with two attached hydrogens (primary N) is 1. The first kappa shape index (κ1) is 19.2. The molecule has 7 nitrogen and oxygen atoms in total. The number of ether oxygens (including phenoxy) is 1. The highest BCUT2D eigenvalue weighted by Crippen LogP contribution is 2.50. The van der Waals surface area contributed by atoms with Gasteiger partial charge in [0.1, 0.15) is 10.6 Å². The van der Waals surface area contributed by atoms with Crippen molar-refractivity contribution in [1.29, 1.82) is 0 Å². The summed E-state index contributed by atoms with van der Waals surface area (Å²) in [7, 11) is 0. The van der Waals surface area contributed by atoms with Gasteiger partial charge in [0.2, 0.25) is 5.95 Å². The fourth-order valence-electron chi connectivity index (χ4n) is 4.26. The average molecular weight is 521 g/mol. The van der Waals surface area contributed by atoms with E-state index in [-0.39, 0.29) is 11.4 Å². The zero-order valence-electron chi connectivity index (χ0n) is 15.8. The van der Waals surface area contributed by atoms with Crippen molar-refractivity contribution in [2.75, 3.05) is 30.4 Å². The van der Waals surface area contributed by atoms with E-state index in [9.17, 15) is 5.11 Å². The second-order valence-electron chi connectivity index (χ2n) is 7.71. The predicted molar refractivity (Wildman–Crippen MR) is 121 cm³/mol. The number of anilines is 3. The van der Waals surface area contributed by atoms with Gasteiger partial charge in [-0.3, -0.25) is 0 Å². The number of hydrogen-bond acceptors (Lipinski definition) is 8. The lowest BCUT2D eigenvalue weighted by atomic mass is 9.81. The van der Waals surface area contributed by atoms with Crippen LogP contribution in [0.4, 0.5) is 17.5 Å². The van der Waals surface area contributed by atoms with Crippen molar-refractivity contribution in [3.8, 4) is 0 Å². The molecule has 1 fully saturated rings. The molecular weight excluding hydrogens is 501 g/mol. The Bertz CT molecular complexity index is 1070. The van der Waals surface area contributed by atoms with Crippen LogP contribution in [0.15, 0.2) is 36.0 Å². The molecule has 29 heavy (non-hydrogen) atoms. The van der Waals surface area contributed by atoms with E-state index in [0.29, 0.717) is 11.6 Å². The Hall–Kier alpha value is -1.82. The van der Waals surface area contributed by atoms with Gasteiger partial charge in [-0.2, -0.15) is 4.98 Å². The highest BCUT2D eigenvalue weighted by molar-refractivity contribution is 14.1. The van der Waals surface area contributed by atoms with E-state index >= 15 is 0 Å². The van der Waals surface area contributed by atoms with Gasteiger partial charge in [-0.25, -0.2) is 9.97 Å². The van der Waals surface area contributed by atoms with Crippen LogP contribution in [0.25, 0.3) is 0 Å². The van der Waals surface area contributed by atoms with Gasteiger partial charge in [-0.15, -0.1) is 11.3 Å². The Morgan fingerprint density at radius 3 is 2.97 bits per heavy atom. The maximum atomic E-state index is 11.2. The molecule has 9 heteroatoms. The molecular formula is C20H20IN5O2S. The summed E-state index contributed by atoms with van der Waals surface area (Å²) in [4.78, 5) is 15.1. The largest absolute Gasteiger partial charge is 0.380 e. The zero-order chi connectivity index (χ0) is 20.2. The molecule has 0 saturated carbocycles. The van der Waals surface area contributed by atoms with E-state index in [1.165, 1.54) is 16.9 Å². The van der Waals surface area contributed by atoms with Crippen molar-refractivity contribution in [3.05, 3.63) is 55.7 Å². The summed E-state index contributed by atoms with van der Waals surface area (Å²) < 4.78 is 6.72. The van der Waals surface area contributed by atoms with Crippen molar-refractivity contribution in [2.45, 2.75) is 24.4 Å². The first-order chi connectivity index (χ1) is 13.9. The van der Waals surface area contributed by atoms with Crippen LogP contribution in [-0.2, 0) is 15.8 Å². The van der Waals surface area contributed by atoms with E-state index in [1.54, 1.807) is 19.3 Å². The molecule has 1 aromatic carbocycles. The molecule has 2 aliphatic rings. The zero-order valence-corrected chi connectivity index (χ0v) is 18.8. The second-order valence-corrected chi connectivity index (χ2v) is 9.77. The number of fused-ring (bicyclic) bond motifs is 2. The Morgan fingerprint density at radius 1 is 1.38 bits per heavy atom. The third-order valence-corrected chi connectivity index (χ3v) is 7.58. The van der Waals surface area contributed by atoms with Crippen molar-refractivity contribution in [1.82, 2.24) is 15.0 Å². The Morgan fingerprint density at radius 2 is 2.24 bits per heavy atom. The van der Waals surface area contributed by atoms with Gasteiger partial charge in [-0.05, 0) is 53.1 Å². The molecule has 3 N–H and O–H groups in total. The van der Waals surface area contributed by atoms with Crippen LogP contribution < -0.4 is 10.6 Å². The highest BCUT2D eigenvalue weighted by Gasteiger charge is 2.47. The van der Waals surface area contributed by atoms with Crippen molar-refractivity contribution >= 4 is 51.4 Å². The highest BCUT2D eigenvalue weighted by atomic mass is 127. The molecule has 1 saturated heterocycles. The fourth-order valence-corrected chi connectivity index (χ4v) is 5.53. The lowest BCUT2D eigenvalue weighted by molar-refractivity contribution is 0.102. The summed E-state index contributed by atoms with van der Waals surface area (Å²) in [6.45, 7) is 3.97. The normalized spacial score (nSPS) is 22.8. The van der Waals surface area contributed by atoms with Gasteiger partial charge in [0.25, 0.3) is 0 Å². The molecule has 5 rings (SSSR count). The maximum Gasteiger partial charge on any atom is 0.222 e. The van der Waals surface area contributed by atoms with E-state index in [0.717, 1.165) is 40.2 Å². The van der Waals surface area contributed by atoms with Crippen LogP contribution >= 0.6 is 33.9 Å². The standard InChI is InChI=1S/C20H20IN5O2S/c1-19(27,17-23-5-7-29-17)12-2-3-13-15(8-12)26(10-20(13)4-6-28-11-20)16-14(21)9-24-18(22)25-16/h2-3,5,7-9,27H,4,6,10-11H2,1H3,(H2,22,24,25)/t19-,20-/m1/s1. The van der Waals surface area contributed by atoms with Crippen LogP contribution in [0.1, 0.15) is 29.5 Å². The van der Waals surface area contributed by atoms with E-state index in [1.807, 2.05) is 11.4 Å². The summed E-state index contributed by atoms with van der Waals surface area (Å²) in [5, 5.41) is 13.8. The molecule has 0 bridgehead atoms. The number of benzene rings is 1. The molecule has 2 aromatic heterocycles. The van der Waals surface area contributed by atoms with Crippen molar-refractivity contribution < 1.29 is 9.84 Å². The molecule has 3 aromatic rings. The number of hydrogen-bond donors (Lipinski definition) is 2. The molecule has 0 aliphatic carbocycles. The van der Waals surface area contributed by atoms with Crippen LogP contribution in [0.3, 0.4) is 0 Å². The summed E-state index contributed by atoms with van der Waals surface area (Å²) in [6.07, 6.45) is 4.41. The molecule has 150 valence electrons. The Balaban J connectivity index is 1.67. The maximum absolute atomic E-state index is 11.2. The van der Waals surface area contributed by atoms with Gasteiger partial charge in [0.05, 0.1) is 10.2 Å². The summed E-state index contributed by atoms with van der Waals surface area (Å²) in [6, 6.07) is 6.18. The number of halogens is 1. The number of nitrogens with zero attached hydrogens (tertiary/aromatic N) is 4. The van der Waals surface area contributed by atoms with Crippen LogP contribution in [0.5, 0.6) is 0 Å². The summed E-state index contributed by atoms with van der Waals surface area (Å²) >= 11 is 3.68. The van der Waals surface area contributed by atoms with E-state index in [2.05, 4.69) is 54.6 Å². The van der Waals surface area contributed by atoms with E-state index < -0.39 is 5.60 Å². The summed E-state index contributed by atoms with van der Waals surface area (Å²) in [5.74, 6) is 1.03. The van der Waals surface area contributed by atoms with Crippen LogP contribution in [0.2, 0.25) is 0 Å². The van der Waals surface area contributed by atoms with Crippen LogP contribution in [0, 0.1) is 3.57 Å². The first-order valence-corrected chi connectivity index (χ1v) is 11.3. The lowest BCUT2D eigenvalue weighted by Crippen LogP contribution is -2.32. The minimum atomic E-state index is -1.17. The number of rotatable bonds is 3. The SMILES string of the molecule is C[C@@](O)(c1ccc2c(c1)N(c1nc(N)ncc1I)C[C@@]21CCOC1)c1nccs1. The van der Waals surface area contributed by atoms with Crippen LogP contribution in [-0.4, -0.2) is 39.8 Å². The number of thiazole rings is 1. The molecule has 0 radical (unpaired) electrons. The quantitative estimate of drug-likeness (QED) is 0.511. The van der Waals surface area contributed by atoms with Gasteiger partial charge < -0.3 is 20.5 Å². The molecule has 2 aliphatic heterocycles. The average Bonchev–Trinajstić information content (AvgIpc) is 3.46. The van der Waals surface area contributed by atoms with Gasteiger partial charge in [0.15, 0.2) is 5.82 Å². The van der Waals surface area contributed by atoms with Crippen molar-refractivity contribution in [3.63, 3.8) is 0 Å². The molecule has 1 spiro atoms. The van der Waals surface area contributed by atoms with Gasteiger partial charge >= 0.3 is 0 Å². The topological polar surface area (TPSA) is 97.4 Å². The second kappa shape index (κ2) is 6.86. The minimum absolute atomic E-state index is 0.0797. The Kier molecular flexibility index (Phi) is 4.53. The number of nitrogen functional groups attached to an aromatic ring is 1. The first-order valence-electron chi connectivity index (χ1n) is 9.31. The van der Waals surface area contributed by atoms with E-state index in [4.69, 9.17) is 10.5 Å². The smallest absolute Gasteiger partial charge is 0.222 e. The van der Waals surface area contributed by atoms with Crippen molar-refractivity contribution in [2.24, 2.45) is 0 Å². The van der Waals surface area contributed by atoms with Gasteiger partial charge in [0, 0.05) is 42.0 Å². The molecule has 4 heterocycles. The van der Waals surface area contributed by atoms with Gasteiger partial charge in [-0.1, -0.05) is 12.1 Å².